The Hall–Kier alpha value is -1.36. The van der Waals surface area contributed by atoms with Crippen LogP contribution in [0.3, 0.4) is 0 Å². The molecular weight excluding hydrogens is 216 g/mol. The highest BCUT2D eigenvalue weighted by Crippen LogP contribution is 2.19. The molecule has 94 valence electrons. The Labute approximate surface area is 102 Å². The molecule has 5 nitrogen and oxygen atoms in total. The third-order valence-electron chi connectivity index (χ3n) is 3.10. The molecule has 0 amide bonds. The number of nitrogens with one attached hydrogen (secondary N) is 1. The molecule has 1 aliphatic heterocycles. The second-order valence-electron chi connectivity index (χ2n) is 4.26. The summed E-state index contributed by atoms with van der Waals surface area (Å²) in [5.74, 6) is 1.57. The predicted octanol–water partition coefficient (Wildman–Crippen LogP) is 1.06. The first kappa shape index (κ1) is 12.1. The second kappa shape index (κ2) is 5.82. The minimum absolute atomic E-state index is 0.508. The molecule has 1 aromatic heterocycles. The largest absolute Gasteiger partial charge is 0.478 e. The van der Waals surface area contributed by atoms with Gasteiger partial charge in [-0.05, 0) is 26.3 Å². The van der Waals surface area contributed by atoms with Gasteiger partial charge in [0.25, 0.3) is 0 Å². The molecule has 0 spiro atoms. The highest BCUT2D eigenvalue weighted by Gasteiger charge is 2.19. The van der Waals surface area contributed by atoms with Gasteiger partial charge < -0.3 is 15.0 Å². The van der Waals surface area contributed by atoms with E-state index in [1.807, 2.05) is 13.0 Å². The van der Waals surface area contributed by atoms with E-state index in [2.05, 4.69) is 27.2 Å². The zero-order chi connectivity index (χ0) is 12.1. The van der Waals surface area contributed by atoms with Crippen LogP contribution in [0.25, 0.3) is 0 Å². The first-order chi connectivity index (χ1) is 8.31. The van der Waals surface area contributed by atoms with E-state index in [-0.39, 0.29) is 0 Å². The number of likely N-dealkylation sites (N-methyl/N-ethyl adjacent to an activating group) is 1. The van der Waals surface area contributed by atoms with Crippen molar-refractivity contribution >= 4 is 5.82 Å². The second-order valence-corrected chi connectivity index (χ2v) is 4.26. The molecule has 1 aromatic rings. The summed E-state index contributed by atoms with van der Waals surface area (Å²) in [7, 11) is 2.08. The number of hydrogen-bond acceptors (Lipinski definition) is 5. The van der Waals surface area contributed by atoms with Gasteiger partial charge in [-0.25, -0.2) is 9.97 Å². The Morgan fingerprint density at radius 2 is 2.41 bits per heavy atom. The Morgan fingerprint density at radius 1 is 1.53 bits per heavy atom. The summed E-state index contributed by atoms with van der Waals surface area (Å²) in [4.78, 5) is 10.6. The van der Waals surface area contributed by atoms with Gasteiger partial charge in [0.05, 0.1) is 6.61 Å². The van der Waals surface area contributed by atoms with E-state index in [9.17, 15) is 0 Å². The quantitative estimate of drug-likeness (QED) is 0.847. The number of ether oxygens (including phenoxy) is 1. The third-order valence-corrected chi connectivity index (χ3v) is 3.10. The lowest BCUT2D eigenvalue weighted by atomic mass is 10.1. The number of anilines is 1. The van der Waals surface area contributed by atoms with Crippen LogP contribution in [-0.2, 0) is 0 Å². The van der Waals surface area contributed by atoms with Gasteiger partial charge in [0.2, 0.25) is 5.88 Å². The molecule has 2 rings (SSSR count). The summed E-state index contributed by atoms with van der Waals surface area (Å²) < 4.78 is 5.39. The van der Waals surface area contributed by atoms with E-state index in [0.717, 1.165) is 18.9 Å². The molecular formula is C12H20N4O. The van der Waals surface area contributed by atoms with E-state index in [1.165, 1.54) is 12.8 Å². The summed E-state index contributed by atoms with van der Waals surface area (Å²) in [5, 5.41) is 3.41. The van der Waals surface area contributed by atoms with Crippen LogP contribution in [0.2, 0.25) is 0 Å². The highest BCUT2D eigenvalue weighted by atomic mass is 16.5. The van der Waals surface area contributed by atoms with Gasteiger partial charge in [-0.3, -0.25) is 0 Å². The lowest BCUT2D eigenvalue weighted by molar-refractivity contribution is 0.326. The van der Waals surface area contributed by atoms with Crippen molar-refractivity contribution in [2.24, 2.45) is 0 Å². The molecule has 2 heterocycles. The van der Waals surface area contributed by atoms with Crippen molar-refractivity contribution in [2.75, 3.05) is 31.6 Å². The molecule has 5 heteroatoms. The molecule has 1 atom stereocenters. The van der Waals surface area contributed by atoms with Gasteiger partial charge in [0.15, 0.2) is 0 Å². The first-order valence-electron chi connectivity index (χ1n) is 6.19. The fourth-order valence-corrected chi connectivity index (χ4v) is 2.10. The molecule has 0 bridgehead atoms. The number of piperidine rings is 1. The zero-order valence-corrected chi connectivity index (χ0v) is 10.5. The predicted molar refractivity (Wildman–Crippen MR) is 67.5 cm³/mol. The van der Waals surface area contributed by atoms with Crippen LogP contribution < -0.4 is 15.0 Å². The van der Waals surface area contributed by atoms with Crippen LogP contribution in [0.5, 0.6) is 5.88 Å². The van der Waals surface area contributed by atoms with Gasteiger partial charge in [0.1, 0.15) is 12.1 Å². The maximum Gasteiger partial charge on any atom is 0.218 e. The Kier molecular flexibility index (Phi) is 4.14. The summed E-state index contributed by atoms with van der Waals surface area (Å²) in [6.45, 7) is 4.73. The third kappa shape index (κ3) is 3.06. The summed E-state index contributed by atoms with van der Waals surface area (Å²) >= 11 is 0. The minimum Gasteiger partial charge on any atom is -0.478 e. The van der Waals surface area contributed by atoms with Crippen LogP contribution in [-0.4, -0.2) is 42.8 Å². The monoisotopic (exact) mass is 236 g/mol. The van der Waals surface area contributed by atoms with Crippen molar-refractivity contribution < 1.29 is 4.74 Å². The highest BCUT2D eigenvalue weighted by molar-refractivity contribution is 5.41. The standard InChI is InChI=1S/C12H20N4O/c1-3-17-12-7-11(14-9-15-12)16(2)10-5-4-6-13-8-10/h7,9-10,13H,3-6,8H2,1-2H3. The van der Waals surface area contributed by atoms with E-state index in [0.29, 0.717) is 18.5 Å². The fourth-order valence-electron chi connectivity index (χ4n) is 2.10. The van der Waals surface area contributed by atoms with Crippen molar-refractivity contribution in [3.8, 4) is 5.88 Å². The molecule has 0 aliphatic carbocycles. The van der Waals surface area contributed by atoms with Crippen LogP contribution in [0.15, 0.2) is 12.4 Å². The van der Waals surface area contributed by atoms with Gasteiger partial charge >= 0.3 is 0 Å². The van der Waals surface area contributed by atoms with Crippen LogP contribution in [0.1, 0.15) is 19.8 Å². The average Bonchev–Trinajstić information content (AvgIpc) is 2.40. The fraction of sp³-hybridized carbons (Fsp3) is 0.667. The number of nitrogens with zero attached hydrogens (tertiary/aromatic N) is 3. The average molecular weight is 236 g/mol. The van der Waals surface area contributed by atoms with Gasteiger partial charge in [-0.1, -0.05) is 0 Å². The molecule has 0 saturated carbocycles. The number of aromatic nitrogens is 2. The van der Waals surface area contributed by atoms with Crippen molar-refractivity contribution in [2.45, 2.75) is 25.8 Å². The molecule has 1 unspecified atom stereocenters. The minimum atomic E-state index is 0.508. The maximum atomic E-state index is 5.39. The Balaban J connectivity index is 2.06. The number of hydrogen-bond donors (Lipinski definition) is 1. The summed E-state index contributed by atoms with van der Waals surface area (Å²) in [6, 6.07) is 2.41. The smallest absolute Gasteiger partial charge is 0.218 e. The van der Waals surface area contributed by atoms with Crippen molar-refractivity contribution in [1.29, 1.82) is 0 Å². The molecule has 1 saturated heterocycles. The molecule has 17 heavy (non-hydrogen) atoms. The molecule has 1 N–H and O–H groups in total. The van der Waals surface area contributed by atoms with Gasteiger partial charge in [0, 0.05) is 25.7 Å². The van der Waals surface area contributed by atoms with Gasteiger partial charge in [-0.15, -0.1) is 0 Å². The lowest BCUT2D eigenvalue weighted by Crippen LogP contribution is -2.44. The normalized spacial score (nSPS) is 20.0. The van der Waals surface area contributed by atoms with Crippen LogP contribution >= 0.6 is 0 Å². The van der Waals surface area contributed by atoms with Crippen molar-refractivity contribution in [1.82, 2.24) is 15.3 Å². The van der Waals surface area contributed by atoms with Gasteiger partial charge in [-0.2, -0.15) is 0 Å². The van der Waals surface area contributed by atoms with E-state index in [4.69, 9.17) is 4.74 Å². The van der Waals surface area contributed by atoms with E-state index < -0.39 is 0 Å². The van der Waals surface area contributed by atoms with Crippen molar-refractivity contribution in [3.63, 3.8) is 0 Å². The Morgan fingerprint density at radius 3 is 3.12 bits per heavy atom. The molecule has 1 fully saturated rings. The van der Waals surface area contributed by atoms with Crippen LogP contribution in [0, 0.1) is 0 Å². The summed E-state index contributed by atoms with van der Waals surface area (Å²) in [5.41, 5.74) is 0. The maximum absolute atomic E-state index is 5.39. The molecule has 0 radical (unpaired) electrons. The molecule has 1 aliphatic rings. The van der Waals surface area contributed by atoms with E-state index >= 15 is 0 Å². The summed E-state index contributed by atoms with van der Waals surface area (Å²) in [6.07, 6.45) is 3.99. The Bertz CT molecular complexity index is 352. The topological polar surface area (TPSA) is 50.3 Å². The first-order valence-corrected chi connectivity index (χ1v) is 6.19. The van der Waals surface area contributed by atoms with Crippen molar-refractivity contribution in [3.05, 3.63) is 12.4 Å². The van der Waals surface area contributed by atoms with E-state index in [1.54, 1.807) is 6.33 Å². The number of rotatable bonds is 4. The van der Waals surface area contributed by atoms with Crippen LogP contribution in [0.4, 0.5) is 5.82 Å². The molecule has 0 aromatic carbocycles. The lowest BCUT2D eigenvalue weighted by Gasteiger charge is -2.32. The SMILES string of the molecule is CCOc1cc(N(C)C2CCCNC2)ncn1. The zero-order valence-electron chi connectivity index (χ0n) is 10.5.